The minimum atomic E-state index is -1.04. The highest BCUT2D eigenvalue weighted by Gasteiger charge is 2.13. The van der Waals surface area contributed by atoms with Crippen molar-refractivity contribution in [1.82, 2.24) is 0 Å². The van der Waals surface area contributed by atoms with Crippen LogP contribution in [0.15, 0.2) is 41.2 Å². The molecule has 0 fully saturated rings. The van der Waals surface area contributed by atoms with Gasteiger partial charge in [-0.25, -0.2) is 4.79 Å². The molecule has 2 aromatic carbocycles. The van der Waals surface area contributed by atoms with Gasteiger partial charge in [-0.2, -0.15) is 0 Å². The van der Waals surface area contributed by atoms with E-state index in [1.807, 2.05) is 0 Å². The first-order chi connectivity index (χ1) is 12.1. The highest BCUT2D eigenvalue weighted by Crippen LogP contribution is 2.30. The van der Waals surface area contributed by atoms with E-state index in [1.54, 1.807) is 30.3 Å². The molecule has 0 aliphatic heterocycles. The Hall–Kier alpha value is -2.44. The Bertz CT molecular complexity index is 977. The van der Waals surface area contributed by atoms with Crippen molar-refractivity contribution in [3.05, 3.63) is 52.2 Å². The standard InChI is InChI=1S/C19H18O5S/c20-9-2-1-3-10-24-12-7-8-13-16(11-12)25-18-14(17(13)21)5-4-6-15(18)19(22)23/h4-8,11,20H,1-3,9-10H2,(H,22,23). The van der Waals surface area contributed by atoms with Gasteiger partial charge in [0.15, 0.2) is 5.43 Å². The number of carboxylic acid groups (broad SMARTS) is 1. The van der Waals surface area contributed by atoms with Crippen LogP contribution in [0.5, 0.6) is 5.75 Å². The zero-order valence-electron chi connectivity index (χ0n) is 13.5. The summed E-state index contributed by atoms with van der Waals surface area (Å²) in [6.45, 7) is 0.720. The SMILES string of the molecule is O=C(O)c1cccc2c(=O)c3ccc(OCCCCCO)cc3sc12. The third-order valence-corrected chi connectivity index (χ3v) is 5.17. The van der Waals surface area contributed by atoms with Gasteiger partial charge >= 0.3 is 5.97 Å². The zero-order valence-corrected chi connectivity index (χ0v) is 14.3. The van der Waals surface area contributed by atoms with Gasteiger partial charge in [0.05, 0.1) is 16.9 Å². The summed E-state index contributed by atoms with van der Waals surface area (Å²) in [5.41, 5.74) is -0.0295. The Labute approximate surface area is 148 Å². The number of rotatable bonds is 7. The van der Waals surface area contributed by atoms with Crippen LogP contribution in [0.4, 0.5) is 0 Å². The Morgan fingerprint density at radius 1 is 1.08 bits per heavy atom. The number of hydrogen-bond donors (Lipinski definition) is 2. The molecule has 0 amide bonds. The second kappa shape index (κ2) is 7.63. The Morgan fingerprint density at radius 2 is 1.92 bits per heavy atom. The van der Waals surface area contributed by atoms with Crippen LogP contribution in [0.2, 0.25) is 0 Å². The van der Waals surface area contributed by atoms with Gasteiger partial charge in [0.1, 0.15) is 5.75 Å². The van der Waals surface area contributed by atoms with Gasteiger partial charge in [0.2, 0.25) is 0 Å². The molecule has 0 saturated heterocycles. The molecule has 0 atom stereocenters. The largest absolute Gasteiger partial charge is 0.494 e. The number of unbranched alkanes of at least 4 members (excludes halogenated alkanes) is 2. The van der Waals surface area contributed by atoms with E-state index >= 15 is 0 Å². The molecule has 0 spiro atoms. The quantitative estimate of drug-likeness (QED) is 0.497. The van der Waals surface area contributed by atoms with Crippen LogP contribution in [0, 0.1) is 0 Å². The Morgan fingerprint density at radius 3 is 2.68 bits per heavy atom. The summed E-state index contributed by atoms with van der Waals surface area (Å²) >= 11 is 1.29. The van der Waals surface area contributed by atoms with E-state index in [9.17, 15) is 14.7 Å². The van der Waals surface area contributed by atoms with E-state index in [1.165, 1.54) is 17.4 Å². The van der Waals surface area contributed by atoms with E-state index in [0.717, 1.165) is 19.3 Å². The first-order valence-electron chi connectivity index (χ1n) is 8.08. The number of fused-ring (bicyclic) bond motifs is 2. The van der Waals surface area contributed by atoms with Crippen molar-refractivity contribution in [1.29, 1.82) is 0 Å². The van der Waals surface area contributed by atoms with Crippen LogP contribution in [0.1, 0.15) is 29.6 Å². The highest BCUT2D eigenvalue weighted by molar-refractivity contribution is 7.24. The fourth-order valence-electron chi connectivity index (χ4n) is 2.69. The molecule has 1 aromatic heterocycles. The van der Waals surface area contributed by atoms with Crippen molar-refractivity contribution < 1.29 is 19.7 Å². The molecule has 1 heterocycles. The number of benzene rings is 2. The first kappa shape index (κ1) is 17.4. The van der Waals surface area contributed by atoms with E-state index in [0.29, 0.717) is 32.5 Å². The number of carbonyl (C=O) groups is 1. The molecule has 0 aliphatic carbocycles. The summed E-state index contributed by atoms with van der Waals surface area (Å²) in [5, 5.41) is 19.1. The monoisotopic (exact) mass is 358 g/mol. The fraction of sp³-hybridized carbons (Fsp3) is 0.263. The summed E-state index contributed by atoms with van der Waals surface area (Å²) in [6, 6.07) is 10.0. The maximum absolute atomic E-state index is 12.7. The van der Waals surface area contributed by atoms with Crippen molar-refractivity contribution in [2.75, 3.05) is 13.2 Å². The van der Waals surface area contributed by atoms with E-state index in [-0.39, 0.29) is 17.6 Å². The number of hydrogen-bond acceptors (Lipinski definition) is 5. The highest BCUT2D eigenvalue weighted by atomic mass is 32.1. The minimum Gasteiger partial charge on any atom is -0.494 e. The maximum Gasteiger partial charge on any atom is 0.337 e. The molecule has 2 N–H and O–H groups in total. The van der Waals surface area contributed by atoms with Crippen molar-refractivity contribution >= 4 is 37.5 Å². The van der Waals surface area contributed by atoms with Gasteiger partial charge in [-0.05, 0) is 49.6 Å². The van der Waals surface area contributed by atoms with Crippen molar-refractivity contribution in [3.63, 3.8) is 0 Å². The number of aliphatic hydroxyl groups excluding tert-OH is 1. The predicted octanol–water partition coefficient (Wildman–Crippen LogP) is 3.65. The van der Waals surface area contributed by atoms with E-state index < -0.39 is 5.97 Å². The lowest BCUT2D eigenvalue weighted by atomic mass is 10.1. The summed E-state index contributed by atoms with van der Waals surface area (Å²) < 4.78 is 6.88. The molecular formula is C19H18O5S. The molecule has 3 aromatic rings. The van der Waals surface area contributed by atoms with E-state index in [2.05, 4.69) is 0 Å². The summed E-state index contributed by atoms with van der Waals surface area (Å²) in [6.07, 6.45) is 2.49. The van der Waals surface area contributed by atoms with Gasteiger partial charge in [-0.1, -0.05) is 6.07 Å². The van der Waals surface area contributed by atoms with Gasteiger partial charge in [-0.3, -0.25) is 4.79 Å². The average molecular weight is 358 g/mol. The number of carboxylic acids is 1. The van der Waals surface area contributed by atoms with Gasteiger partial charge in [0.25, 0.3) is 0 Å². The topological polar surface area (TPSA) is 83.8 Å². The number of ether oxygens (including phenoxy) is 1. The summed E-state index contributed by atoms with van der Waals surface area (Å²) in [7, 11) is 0. The molecule has 25 heavy (non-hydrogen) atoms. The molecule has 6 heteroatoms. The van der Waals surface area contributed by atoms with Crippen molar-refractivity contribution in [2.45, 2.75) is 19.3 Å². The van der Waals surface area contributed by atoms with Gasteiger partial charge in [0, 0.05) is 22.1 Å². The lowest BCUT2D eigenvalue weighted by Crippen LogP contribution is -2.05. The normalized spacial score (nSPS) is 11.1. The van der Waals surface area contributed by atoms with E-state index in [4.69, 9.17) is 9.84 Å². The Kier molecular flexibility index (Phi) is 5.31. The third kappa shape index (κ3) is 3.65. The number of aliphatic hydroxyl groups is 1. The second-order valence-corrected chi connectivity index (χ2v) is 6.76. The van der Waals surface area contributed by atoms with Crippen LogP contribution in [0.3, 0.4) is 0 Å². The first-order valence-corrected chi connectivity index (χ1v) is 8.90. The minimum absolute atomic E-state index is 0.136. The predicted molar refractivity (Wildman–Crippen MR) is 99.0 cm³/mol. The van der Waals surface area contributed by atoms with Crippen LogP contribution >= 0.6 is 11.3 Å². The molecule has 0 aliphatic rings. The number of aromatic carboxylic acids is 1. The van der Waals surface area contributed by atoms with Crippen LogP contribution in [-0.2, 0) is 0 Å². The lowest BCUT2D eigenvalue weighted by Gasteiger charge is -2.08. The zero-order chi connectivity index (χ0) is 17.8. The fourth-order valence-corrected chi connectivity index (χ4v) is 3.90. The third-order valence-electron chi connectivity index (χ3n) is 3.97. The molecule has 3 rings (SSSR count). The molecule has 0 saturated carbocycles. The molecule has 0 radical (unpaired) electrons. The molecule has 0 unspecified atom stereocenters. The molecule has 5 nitrogen and oxygen atoms in total. The summed E-state index contributed by atoms with van der Waals surface area (Å²) in [4.78, 5) is 24.1. The molecule has 0 bridgehead atoms. The average Bonchev–Trinajstić information content (AvgIpc) is 2.61. The van der Waals surface area contributed by atoms with Crippen molar-refractivity contribution in [3.8, 4) is 5.75 Å². The van der Waals surface area contributed by atoms with Crippen LogP contribution in [-0.4, -0.2) is 29.4 Å². The smallest absolute Gasteiger partial charge is 0.337 e. The molecule has 130 valence electrons. The van der Waals surface area contributed by atoms with Crippen molar-refractivity contribution in [2.24, 2.45) is 0 Å². The van der Waals surface area contributed by atoms with Crippen LogP contribution < -0.4 is 10.2 Å². The maximum atomic E-state index is 12.7. The van der Waals surface area contributed by atoms with Gasteiger partial charge in [-0.15, -0.1) is 11.3 Å². The molecular weight excluding hydrogens is 340 g/mol. The van der Waals surface area contributed by atoms with Crippen LogP contribution in [0.25, 0.3) is 20.2 Å². The lowest BCUT2D eigenvalue weighted by molar-refractivity contribution is 0.0699. The summed E-state index contributed by atoms with van der Waals surface area (Å²) in [5.74, 6) is -0.392. The Balaban J connectivity index is 1.98. The van der Waals surface area contributed by atoms with Gasteiger partial charge < -0.3 is 14.9 Å². The second-order valence-electron chi connectivity index (χ2n) is 5.71.